The van der Waals surface area contributed by atoms with Gasteiger partial charge in [0.25, 0.3) is 5.72 Å². The number of aliphatic carboxylic acids is 1. The number of rotatable bonds is 4. The minimum Gasteiger partial charge on any atom is -0.480 e. The van der Waals surface area contributed by atoms with Crippen LogP contribution >= 0.6 is 0 Å². The van der Waals surface area contributed by atoms with Crippen molar-refractivity contribution in [2.75, 3.05) is 0 Å². The highest BCUT2D eigenvalue weighted by Crippen LogP contribution is 2.58. The third-order valence-corrected chi connectivity index (χ3v) is 2.97. The quantitative estimate of drug-likeness (QED) is 0.372. The van der Waals surface area contributed by atoms with Gasteiger partial charge in [-0.3, -0.25) is 9.59 Å². The van der Waals surface area contributed by atoms with Crippen LogP contribution in [0.2, 0.25) is 0 Å². The second-order valence-corrected chi connectivity index (χ2v) is 3.83. The number of carboxylic acid groups (broad SMARTS) is 1. The fourth-order valence-electron chi connectivity index (χ4n) is 2.16. The first-order valence-corrected chi connectivity index (χ1v) is 4.63. The lowest BCUT2D eigenvalue weighted by molar-refractivity contribution is -0.153. The van der Waals surface area contributed by atoms with Crippen LogP contribution in [0, 0.1) is 0 Å². The number of aldehydes is 1. The van der Waals surface area contributed by atoms with E-state index in [2.05, 4.69) is 11.6 Å². The Morgan fingerprint density at radius 2 is 2.44 bits per heavy atom. The zero-order chi connectivity index (χ0) is 11.5. The molecule has 0 aromatic carbocycles. The van der Waals surface area contributed by atoms with E-state index in [4.69, 9.17) is 14.6 Å². The number of hydrogen-bond acceptors (Lipinski definition) is 6. The van der Waals surface area contributed by atoms with Crippen molar-refractivity contribution in [1.82, 2.24) is 4.90 Å². The smallest absolute Gasteiger partial charge is 0.325 e. The summed E-state index contributed by atoms with van der Waals surface area (Å²) in [5.41, 5.74) is -0.760. The fourth-order valence-corrected chi connectivity index (χ4v) is 2.16. The summed E-state index contributed by atoms with van der Waals surface area (Å²) in [6.45, 7) is 3.42. The molecule has 0 saturated carbocycles. The van der Waals surface area contributed by atoms with Crippen molar-refractivity contribution in [3.05, 3.63) is 12.2 Å². The molecule has 3 heterocycles. The zero-order valence-corrected chi connectivity index (χ0v) is 8.07. The predicted octanol–water partition coefficient (Wildman–Crippen LogP) is -1.05. The van der Waals surface area contributed by atoms with Gasteiger partial charge in [0, 0.05) is 5.57 Å². The van der Waals surface area contributed by atoms with Gasteiger partial charge in [-0.1, -0.05) is 6.58 Å². The lowest BCUT2D eigenvalue weighted by atomic mass is 9.99. The SMILES string of the molecule is C=C(C=O)C(C(=O)O)N1C2OC=NC23OC13. The highest BCUT2D eigenvalue weighted by molar-refractivity contribution is 5.89. The summed E-state index contributed by atoms with van der Waals surface area (Å²) in [4.78, 5) is 27.1. The number of epoxide rings is 1. The Balaban J connectivity index is 1.85. The van der Waals surface area contributed by atoms with Gasteiger partial charge in [-0.05, 0) is 0 Å². The van der Waals surface area contributed by atoms with Crippen LogP contribution in [0.1, 0.15) is 0 Å². The molecular formula is C9H8N2O5. The van der Waals surface area contributed by atoms with Gasteiger partial charge in [-0.15, -0.1) is 0 Å². The number of carboxylic acids is 1. The molecule has 0 aromatic heterocycles. The molecule has 84 valence electrons. The van der Waals surface area contributed by atoms with Crippen LogP contribution in [-0.4, -0.2) is 52.9 Å². The van der Waals surface area contributed by atoms with Crippen molar-refractivity contribution in [3.8, 4) is 0 Å². The predicted molar refractivity (Wildman–Crippen MR) is 49.4 cm³/mol. The first-order chi connectivity index (χ1) is 7.62. The monoisotopic (exact) mass is 224 g/mol. The number of likely N-dealkylation sites (tertiary alicyclic amines) is 1. The Hall–Kier alpha value is -1.73. The van der Waals surface area contributed by atoms with Crippen LogP contribution in [0.5, 0.6) is 0 Å². The van der Waals surface area contributed by atoms with Gasteiger partial charge in [-0.2, -0.15) is 0 Å². The second kappa shape index (κ2) is 2.69. The van der Waals surface area contributed by atoms with Crippen molar-refractivity contribution in [2.45, 2.75) is 24.2 Å². The molecule has 1 N–H and O–H groups in total. The fraction of sp³-hybridized carbons (Fsp3) is 0.444. The Morgan fingerprint density at radius 3 is 3.06 bits per heavy atom. The molecule has 3 aliphatic heterocycles. The van der Waals surface area contributed by atoms with E-state index in [0.717, 1.165) is 0 Å². The molecular weight excluding hydrogens is 216 g/mol. The number of ether oxygens (including phenoxy) is 2. The molecule has 7 nitrogen and oxygen atoms in total. The Morgan fingerprint density at radius 1 is 1.69 bits per heavy atom. The number of aliphatic imine (C=N–C) groups is 1. The van der Waals surface area contributed by atoms with E-state index >= 15 is 0 Å². The molecule has 4 atom stereocenters. The molecule has 2 saturated heterocycles. The van der Waals surface area contributed by atoms with Crippen LogP contribution in [0.25, 0.3) is 0 Å². The van der Waals surface area contributed by atoms with E-state index in [1.807, 2.05) is 0 Å². The molecule has 0 aliphatic carbocycles. The Labute approximate surface area is 90.0 Å². The summed E-state index contributed by atoms with van der Waals surface area (Å²) in [5.74, 6) is -1.16. The molecule has 16 heavy (non-hydrogen) atoms. The van der Waals surface area contributed by atoms with E-state index < -0.39 is 30.2 Å². The van der Waals surface area contributed by atoms with Crippen LogP contribution in [0.4, 0.5) is 0 Å². The van der Waals surface area contributed by atoms with Crippen LogP contribution in [-0.2, 0) is 19.1 Å². The molecule has 1 spiro atoms. The van der Waals surface area contributed by atoms with Gasteiger partial charge < -0.3 is 14.6 Å². The highest BCUT2D eigenvalue weighted by Gasteiger charge is 2.82. The van der Waals surface area contributed by atoms with Crippen molar-refractivity contribution in [3.63, 3.8) is 0 Å². The molecule has 7 heteroatoms. The van der Waals surface area contributed by atoms with E-state index in [9.17, 15) is 9.59 Å². The average molecular weight is 224 g/mol. The molecule has 2 fully saturated rings. The van der Waals surface area contributed by atoms with Crippen LogP contribution in [0.3, 0.4) is 0 Å². The zero-order valence-electron chi connectivity index (χ0n) is 8.07. The lowest BCUT2D eigenvalue weighted by Gasteiger charge is -2.38. The van der Waals surface area contributed by atoms with E-state index in [0.29, 0.717) is 6.29 Å². The second-order valence-electron chi connectivity index (χ2n) is 3.83. The largest absolute Gasteiger partial charge is 0.480 e. The van der Waals surface area contributed by atoms with E-state index in [-0.39, 0.29) is 5.57 Å². The molecule has 0 bridgehead atoms. The number of carbonyl (C=O) groups is 2. The molecule has 4 unspecified atom stereocenters. The van der Waals surface area contributed by atoms with Crippen molar-refractivity contribution < 1.29 is 24.2 Å². The van der Waals surface area contributed by atoms with Crippen LogP contribution in [0.15, 0.2) is 17.1 Å². The van der Waals surface area contributed by atoms with Crippen LogP contribution < -0.4 is 0 Å². The molecule has 3 aliphatic rings. The maximum Gasteiger partial charge on any atom is 0.325 e. The summed E-state index contributed by atoms with van der Waals surface area (Å²) < 4.78 is 10.4. The average Bonchev–Trinajstić information content (AvgIpc) is 2.69. The van der Waals surface area contributed by atoms with E-state index in [1.165, 1.54) is 11.3 Å². The van der Waals surface area contributed by atoms with Crippen molar-refractivity contribution in [2.24, 2.45) is 4.99 Å². The summed E-state index contributed by atoms with van der Waals surface area (Å²) >= 11 is 0. The van der Waals surface area contributed by atoms with Crippen molar-refractivity contribution in [1.29, 1.82) is 0 Å². The van der Waals surface area contributed by atoms with E-state index in [1.54, 1.807) is 0 Å². The Bertz CT molecular complexity index is 434. The van der Waals surface area contributed by atoms with Gasteiger partial charge >= 0.3 is 5.97 Å². The number of hydrogen-bond donors (Lipinski definition) is 1. The molecule has 0 radical (unpaired) electrons. The first kappa shape index (κ1) is 9.49. The summed E-state index contributed by atoms with van der Waals surface area (Å²) in [6, 6.07) is -1.12. The topological polar surface area (TPSA) is 91.7 Å². The summed E-state index contributed by atoms with van der Waals surface area (Å²) in [6.07, 6.45) is 0.689. The summed E-state index contributed by atoms with van der Waals surface area (Å²) in [7, 11) is 0. The minimum atomic E-state index is -1.16. The van der Waals surface area contributed by atoms with Gasteiger partial charge in [0.15, 0.2) is 12.6 Å². The van der Waals surface area contributed by atoms with Gasteiger partial charge in [0.2, 0.25) is 6.23 Å². The third kappa shape index (κ3) is 0.872. The van der Waals surface area contributed by atoms with Gasteiger partial charge in [-0.25, -0.2) is 9.89 Å². The number of carbonyl (C=O) groups excluding carboxylic acids is 1. The molecule has 0 aromatic rings. The molecule has 3 rings (SSSR count). The minimum absolute atomic E-state index is 0.0351. The normalized spacial score (nSPS) is 40.0. The van der Waals surface area contributed by atoms with Gasteiger partial charge in [0.05, 0.1) is 0 Å². The first-order valence-electron chi connectivity index (χ1n) is 4.63. The lowest BCUT2D eigenvalue weighted by Crippen LogP contribution is -2.64. The maximum atomic E-state index is 11.1. The maximum absolute atomic E-state index is 11.1. The van der Waals surface area contributed by atoms with Crippen molar-refractivity contribution >= 4 is 18.7 Å². The molecule has 0 amide bonds. The summed E-state index contributed by atoms with van der Waals surface area (Å²) in [5, 5.41) is 9.05. The Kier molecular flexibility index (Phi) is 1.59. The standard InChI is InChI=1S/C9H8N2O5/c1-4(2-12)5(6(13)14)11-7-9(8(11)16-9)10-3-15-7/h2-3,5,7-8H,1H2,(H,13,14). The third-order valence-electron chi connectivity index (χ3n) is 2.97. The number of nitrogens with zero attached hydrogens (tertiary/aromatic N) is 2. The highest BCUT2D eigenvalue weighted by atomic mass is 16.7. The van der Waals surface area contributed by atoms with Gasteiger partial charge in [0.1, 0.15) is 12.3 Å².